The lowest BCUT2D eigenvalue weighted by Crippen LogP contribution is -2.02. The molecule has 16 heavy (non-hydrogen) atoms. The van der Waals surface area contributed by atoms with Gasteiger partial charge in [-0.05, 0) is 46.0 Å². The van der Waals surface area contributed by atoms with E-state index in [-0.39, 0.29) is 6.10 Å². The van der Waals surface area contributed by atoms with E-state index in [9.17, 15) is 5.11 Å². The molecule has 0 radical (unpaired) electrons. The topological polar surface area (TPSA) is 38.0 Å². The average molecular weight is 348 g/mol. The lowest BCUT2D eigenvalue weighted by atomic mass is 10.1. The van der Waals surface area contributed by atoms with Gasteiger partial charge in [0, 0.05) is 25.9 Å². The molecule has 2 aromatic rings. The summed E-state index contributed by atoms with van der Waals surface area (Å²) in [6.07, 6.45) is 4.86. The average Bonchev–Trinajstić information content (AvgIpc) is 2.84. The lowest BCUT2D eigenvalue weighted by Gasteiger charge is -2.08. The Morgan fingerprint density at radius 1 is 1.62 bits per heavy atom. The summed E-state index contributed by atoms with van der Waals surface area (Å²) in [4.78, 5) is 4.24. The maximum atomic E-state index is 9.99. The third kappa shape index (κ3) is 2.83. The molecule has 0 bridgehead atoms. The summed E-state index contributed by atoms with van der Waals surface area (Å²) >= 11 is 3.93. The molecule has 0 fully saturated rings. The molecule has 0 aliphatic heterocycles. The first-order valence-corrected chi connectivity index (χ1v) is 7.01. The Bertz CT molecular complexity index is 466. The highest BCUT2D eigenvalue weighted by Gasteiger charge is 2.10. The summed E-state index contributed by atoms with van der Waals surface area (Å²) < 4.78 is 3.20. The Labute approximate surface area is 112 Å². The van der Waals surface area contributed by atoms with E-state index in [1.807, 2.05) is 29.3 Å². The van der Waals surface area contributed by atoms with Gasteiger partial charge in [0.2, 0.25) is 0 Å². The molecule has 0 saturated carbocycles. The Morgan fingerprint density at radius 3 is 3.00 bits per heavy atom. The Hall–Kier alpha value is -0.400. The molecule has 1 N–H and O–H groups in total. The first kappa shape index (κ1) is 12.1. The van der Waals surface area contributed by atoms with Crippen molar-refractivity contribution in [1.29, 1.82) is 0 Å². The minimum atomic E-state index is -0.378. The van der Waals surface area contributed by atoms with E-state index >= 15 is 0 Å². The molecule has 0 spiro atoms. The van der Waals surface area contributed by atoms with Crippen LogP contribution >= 0.6 is 33.9 Å². The molecule has 2 aromatic heterocycles. The van der Waals surface area contributed by atoms with Crippen LogP contribution in [0.1, 0.15) is 23.9 Å². The fourth-order valence-electron chi connectivity index (χ4n) is 1.57. The van der Waals surface area contributed by atoms with Crippen LogP contribution in [0, 0.1) is 2.88 Å². The van der Waals surface area contributed by atoms with Crippen LogP contribution in [0.15, 0.2) is 23.8 Å². The number of thiophene rings is 1. The summed E-state index contributed by atoms with van der Waals surface area (Å²) in [5, 5.41) is 12.0. The smallest absolute Gasteiger partial charge is 0.108 e. The largest absolute Gasteiger partial charge is 0.388 e. The summed E-state index contributed by atoms with van der Waals surface area (Å²) in [6.45, 7) is 0. The molecule has 1 unspecified atom stereocenters. The van der Waals surface area contributed by atoms with Crippen molar-refractivity contribution in [2.24, 2.45) is 7.05 Å². The number of rotatable bonds is 4. The highest BCUT2D eigenvalue weighted by atomic mass is 127. The van der Waals surface area contributed by atoms with Gasteiger partial charge >= 0.3 is 0 Å². The predicted molar refractivity (Wildman–Crippen MR) is 73.5 cm³/mol. The molecule has 5 heteroatoms. The molecule has 0 aliphatic carbocycles. The van der Waals surface area contributed by atoms with Gasteiger partial charge in [-0.25, -0.2) is 4.98 Å². The fourth-order valence-corrected chi connectivity index (χ4v) is 2.99. The van der Waals surface area contributed by atoms with Crippen molar-refractivity contribution in [2.75, 3.05) is 0 Å². The molecule has 1 atom stereocenters. The van der Waals surface area contributed by atoms with Crippen LogP contribution in [-0.4, -0.2) is 14.7 Å². The number of aliphatic hydroxyl groups excluding tert-OH is 1. The monoisotopic (exact) mass is 348 g/mol. The van der Waals surface area contributed by atoms with Gasteiger partial charge in [0.1, 0.15) is 5.82 Å². The van der Waals surface area contributed by atoms with Gasteiger partial charge in [-0.1, -0.05) is 0 Å². The molecule has 0 aromatic carbocycles. The van der Waals surface area contributed by atoms with E-state index in [0.717, 1.165) is 24.2 Å². The summed E-state index contributed by atoms with van der Waals surface area (Å²) in [5.41, 5.74) is 1.02. The highest BCUT2D eigenvalue weighted by Crippen LogP contribution is 2.25. The first-order valence-electron chi connectivity index (χ1n) is 5.05. The van der Waals surface area contributed by atoms with Crippen molar-refractivity contribution in [1.82, 2.24) is 9.55 Å². The van der Waals surface area contributed by atoms with Crippen LogP contribution in [0.5, 0.6) is 0 Å². The number of hydrogen-bond acceptors (Lipinski definition) is 3. The first-order chi connectivity index (χ1) is 7.66. The zero-order valence-electron chi connectivity index (χ0n) is 8.93. The van der Waals surface area contributed by atoms with E-state index < -0.39 is 0 Å². The second kappa shape index (κ2) is 5.29. The van der Waals surface area contributed by atoms with Crippen LogP contribution in [0.2, 0.25) is 0 Å². The number of hydrogen-bond donors (Lipinski definition) is 1. The zero-order valence-corrected chi connectivity index (χ0v) is 11.9. The van der Waals surface area contributed by atoms with Gasteiger partial charge in [-0.15, -0.1) is 11.3 Å². The number of imidazole rings is 1. The van der Waals surface area contributed by atoms with Gasteiger partial charge in [0.15, 0.2) is 0 Å². The summed E-state index contributed by atoms with van der Waals surface area (Å²) in [7, 11) is 1.97. The SMILES string of the molecule is Cn1ccnc1CCC(O)c1csc(I)c1. The molecule has 2 rings (SSSR count). The normalized spacial score (nSPS) is 12.9. The predicted octanol–water partition coefficient (Wildman–Crippen LogP) is 2.75. The van der Waals surface area contributed by atoms with E-state index in [0.29, 0.717) is 0 Å². The van der Waals surface area contributed by atoms with Crippen molar-refractivity contribution in [2.45, 2.75) is 18.9 Å². The molecule has 2 heterocycles. The lowest BCUT2D eigenvalue weighted by molar-refractivity contribution is 0.167. The van der Waals surface area contributed by atoms with Gasteiger partial charge in [-0.3, -0.25) is 0 Å². The van der Waals surface area contributed by atoms with Gasteiger partial charge in [-0.2, -0.15) is 0 Å². The number of aryl methyl sites for hydroxylation is 2. The van der Waals surface area contributed by atoms with Gasteiger partial charge in [0.25, 0.3) is 0 Å². The van der Waals surface area contributed by atoms with E-state index in [2.05, 4.69) is 27.6 Å². The Morgan fingerprint density at radius 2 is 2.44 bits per heavy atom. The molecule has 86 valence electrons. The Kier molecular flexibility index (Phi) is 3.99. The molecular formula is C11H13IN2OS. The molecule has 3 nitrogen and oxygen atoms in total. The standard InChI is InChI=1S/C11H13IN2OS/c1-14-5-4-13-11(14)3-2-9(15)8-6-10(12)16-7-8/h4-7,9,15H,2-3H2,1H3. The van der Waals surface area contributed by atoms with Crippen molar-refractivity contribution in [3.63, 3.8) is 0 Å². The fraction of sp³-hybridized carbons (Fsp3) is 0.364. The summed E-state index contributed by atoms with van der Waals surface area (Å²) in [5.74, 6) is 1.02. The van der Waals surface area contributed by atoms with Crippen LogP contribution in [0.25, 0.3) is 0 Å². The second-order valence-corrected chi connectivity index (χ2v) is 6.50. The minimum Gasteiger partial charge on any atom is -0.388 e. The van der Waals surface area contributed by atoms with Crippen LogP contribution in [0.4, 0.5) is 0 Å². The van der Waals surface area contributed by atoms with E-state index in [1.54, 1.807) is 17.5 Å². The third-order valence-corrected chi connectivity index (χ3v) is 4.34. The van der Waals surface area contributed by atoms with Crippen LogP contribution in [-0.2, 0) is 13.5 Å². The maximum Gasteiger partial charge on any atom is 0.108 e. The van der Waals surface area contributed by atoms with Gasteiger partial charge < -0.3 is 9.67 Å². The maximum absolute atomic E-state index is 9.99. The molecule has 0 saturated heterocycles. The molecule has 0 amide bonds. The number of aromatic nitrogens is 2. The quantitative estimate of drug-likeness (QED) is 0.863. The number of aliphatic hydroxyl groups is 1. The summed E-state index contributed by atoms with van der Waals surface area (Å²) in [6, 6.07) is 2.04. The van der Waals surface area contributed by atoms with Crippen molar-refractivity contribution in [3.8, 4) is 0 Å². The minimum absolute atomic E-state index is 0.378. The highest BCUT2D eigenvalue weighted by molar-refractivity contribution is 14.1. The second-order valence-electron chi connectivity index (χ2n) is 3.69. The van der Waals surface area contributed by atoms with Crippen molar-refractivity contribution >= 4 is 33.9 Å². The zero-order chi connectivity index (χ0) is 11.5. The number of nitrogens with zero attached hydrogens (tertiary/aromatic N) is 2. The van der Waals surface area contributed by atoms with E-state index in [4.69, 9.17) is 0 Å². The van der Waals surface area contributed by atoms with Crippen LogP contribution in [0.3, 0.4) is 0 Å². The number of halogens is 1. The van der Waals surface area contributed by atoms with Crippen LogP contribution < -0.4 is 0 Å². The third-order valence-electron chi connectivity index (χ3n) is 2.53. The Balaban J connectivity index is 1.93. The molecule has 0 aliphatic rings. The molecular weight excluding hydrogens is 335 g/mol. The van der Waals surface area contributed by atoms with E-state index in [1.165, 1.54) is 2.88 Å². The van der Waals surface area contributed by atoms with Gasteiger partial charge in [0.05, 0.1) is 8.99 Å². The van der Waals surface area contributed by atoms with Crippen molar-refractivity contribution in [3.05, 3.63) is 38.1 Å². The van der Waals surface area contributed by atoms with Crippen molar-refractivity contribution < 1.29 is 5.11 Å².